The Hall–Kier alpha value is -1.22. The van der Waals surface area contributed by atoms with Gasteiger partial charge in [0.25, 0.3) is 0 Å². The molecule has 0 spiro atoms. The van der Waals surface area contributed by atoms with Crippen molar-refractivity contribution in [3.63, 3.8) is 0 Å². The molecule has 1 aromatic rings. The number of ketones is 1. The quantitative estimate of drug-likeness (QED) is 0.693. The Morgan fingerprint density at radius 1 is 1.38 bits per heavy atom. The summed E-state index contributed by atoms with van der Waals surface area (Å²) in [5.41, 5.74) is 0.536. The van der Waals surface area contributed by atoms with Crippen LogP contribution in [0.15, 0.2) is 24.3 Å². The van der Waals surface area contributed by atoms with Crippen molar-refractivity contribution in [3.05, 3.63) is 35.6 Å². The van der Waals surface area contributed by atoms with Gasteiger partial charge in [-0.2, -0.15) is 0 Å². The summed E-state index contributed by atoms with van der Waals surface area (Å²) in [6, 6.07) is 5.59. The number of carbonyl (C=O) groups is 1. The Labute approximate surface area is 95.4 Å². The van der Waals surface area contributed by atoms with Crippen LogP contribution in [-0.2, 0) is 4.74 Å². The van der Waals surface area contributed by atoms with Crippen molar-refractivity contribution in [2.45, 2.75) is 32.8 Å². The van der Waals surface area contributed by atoms with E-state index in [9.17, 15) is 9.18 Å². The lowest BCUT2D eigenvalue weighted by atomic mass is 10.1. The van der Waals surface area contributed by atoms with Gasteiger partial charge in [0.1, 0.15) is 5.82 Å². The Bertz CT molecular complexity index is 332. The van der Waals surface area contributed by atoms with E-state index in [1.807, 2.05) is 13.8 Å². The molecule has 88 valence electrons. The molecule has 0 saturated heterocycles. The third kappa shape index (κ3) is 4.11. The monoisotopic (exact) mass is 224 g/mol. The van der Waals surface area contributed by atoms with Gasteiger partial charge in [-0.1, -0.05) is 6.92 Å². The van der Waals surface area contributed by atoms with Gasteiger partial charge in [0.15, 0.2) is 5.78 Å². The second-order valence-electron chi connectivity index (χ2n) is 3.77. The number of hydrogen-bond donors (Lipinski definition) is 0. The van der Waals surface area contributed by atoms with Crippen LogP contribution in [-0.4, -0.2) is 18.5 Å². The van der Waals surface area contributed by atoms with Gasteiger partial charge >= 0.3 is 0 Å². The van der Waals surface area contributed by atoms with Gasteiger partial charge < -0.3 is 4.74 Å². The lowest BCUT2D eigenvalue weighted by Gasteiger charge is -2.09. The molecule has 3 heteroatoms. The van der Waals surface area contributed by atoms with E-state index in [4.69, 9.17) is 4.74 Å². The highest BCUT2D eigenvalue weighted by Gasteiger charge is 2.06. The van der Waals surface area contributed by atoms with Crippen molar-refractivity contribution < 1.29 is 13.9 Å². The first kappa shape index (κ1) is 12.8. The molecule has 0 amide bonds. The molecule has 0 aromatic heterocycles. The van der Waals surface area contributed by atoms with E-state index in [-0.39, 0.29) is 17.7 Å². The van der Waals surface area contributed by atoms with Crippen molar-refractivity contribution in [2.75, 3.05) is 6.61 Å². The van der Waals surface area contributed by atoms with E-state index in [2.05, 4.69) is 0 Å². The molecular weight excluding hydrogens is 207 g/mol. The van der Waals surface area contributed by atoms with Crippen molar-refractivity contribution in [2.24, 2.45) is 0 Å². The molecule has 1 unspecified atom stereocenters. The zero-order valence-corrected chi connectivity index (χ0v) is 9.70. The van der Waals surface area contributed by atoms with Crippen LogP contribution < -0.4 is 0 Å². The topological polar surface area (TPSA) is 26.3 Å². The Balaban J connectivity index is 2.38. The fourth-order valence-corrected chi connectivity index (χ4v) is 1.25. The smallest absolute Gasteiger partial charge is 0.165 e. The number of rotatable bonds is 6. The molecule has 0 aliphatic carbocycles. The van der Waals surface area contributed by atoms with E-state index in [0.29, 0.717) is 18.6 Å². The van der Waals surface area contributed by atoms with Crippen LogP contribution in [0.5, 0.6) is 0 Å². The first-order valence-electron chi connectivity index (χ1n) is 5.54. The average Bonchev–Trinajstić information content (AvgIpc) is 2.29. The number of benzene rings is 1. The Kier molecular flexibility index (Phi) is 5.12. The predicted molar refractivity (Wildman–Crippen MR) is 61.1 cm³/mol. The summed E-state index contributed by atoms with van der Waals surface area (Å²) in [5.74, 6) is -0.337. The van der Waals surface area contributed by atoms with Gasteiger partial charge in [-0.25, -0.2) is 4.39 Å². The van der Waals surface area contributed by atoms with Gasteiger partial charge in [-0.05, 0) is 37.6 Å². The highest BCUT2D eigenvalue weighted by Crippen LogP contribution is 2.06. The number of Topliss-reactive ketones (excluding diaryl/α,β-unsaturated/α-hetero) is 1. The zero-order chi connectivity index (χ0) is 12.0. The minimum Gasteiger partial charge on any atom is -0.378 e. The summed E-state index contributed by atoms with van der Waals surface area (Å²) >= 11 is 0. The number of hydrogen-bond acceptors (Lipinski definition) is 2. The molecule has 0 aliphatic rings. The van der Waals surface area contributed by atoms with Crippen LogP contribution in [0.2, 0.25) is 0 Å². The normalized spacial score (nSPS) is 12.4. The lowest BCUT2D eigenvalue weighted by molar-refractivity contribution is 0.0572. The molecular formula is C13H17FO2. The van der Waals surface area contributed by atoms with Crippen LogP contribution in [0.25, 0.3) is 0 Å². The highest BCUT2D eigenvalue weighted by molar-refractivity contribution is 5.96. The number of halogens is 1. The minimum absolute atomic E-state index is 0.0108. The van der Waals surface area contributed by atoms with Crippen molar-refractivity contribution in [1.82, 2.24) is 0 Å². The second kappa shape index (κ2) is 6.38. The fourth-order valence-electron chi connectivity index (χ4n) is 1.25. The molecule has 1 aromatic carbocycles. The fraction of sp³-hybridized carbons (Fsp3) is 0.462. The van der Waals surface area contributed by atoms with Gasteiger partial charge in [0, 0.05) is 12.0 Å². The lowest BCUT2D eigenvalue weighted by Crippen LogP contribution is -2.11. The van der Waals surface area contributed by atoms with Gasteiger partial charge in [-0.3, -0.25) is 4.79 Å². The molecule has 0 fully saturated rings. The molecule has 0 heterocycles. The molecule has 0 aliphatic heterocycles. The first-order chi connectivity index (χ1) is 7.63. The van der Waals surface area contributed by atoms with E-state index in [0.717, 1.165) is 6.42 Å². The first-order valence-corrected chi connectivity index (χ1v) is 5.54. The number of carbonyl (C=O) groups excluding carboxylic acids is 1. The summed E-state index contributed by atoms with van der Waals surface area (Å²) < 4.78 is 18.0. The summed E-state index contributed by atoms with van der Waals surface area (Å²) in [7, 11) is 0. The van der Waals surface area contributed by atoms with Gasteiger partial charge in [0.2, 0.25) is 0 Å². The minimum atomic E-state index is -0.326. The Morgan fingerprint density at radius 3 is 2.56 bits per heavy atom. The molecule has 1 rings (SSSR count). The van der Waals surface area contributed by atoms with E-state index in [1.165, 1.54) is 24.3 Å². The largest absolute Gasteiger partial charge is 0.378 e. The molecule has 1 atom stereocenters. The third-order valence-corrected chi connectivity index (χ3v) is 2.47. The van der Waals surface area contributed by atoms with Gasteiger partial charge in [0.05, 0.1) is 12.7 Å². The van der Waals surface area contributed by atoms with Crippen molar-refractivity contribution in [1.29, 1.82) is 0 Å². The van der Waals surface area contributed by atoms with Crippen LogP contribution in [0.4, 0.5) is 4.39 Å². The standard InChI is InChI=1S/C13H17FO2/c1-3-10(2)16-9-8-13(15)11-4-6-12(14)7-5-11/h4-7,10H,3,8-9H2,1-2H3. The SMILES string of the molecule is CCC(C)OCCC(=O)c1ccc(F)cc1. The third-order valence-electron chi connectivity index (χ3n) is 2.47. The number of ether oxygens (including phenoxy) is 1. The maximum Gasteiger partial charge on any atom is 0.165 e. The molecule has 2 nitrogen and oxygen atoms in total. The van der Waals surface area contributed by atoms with E-state index >= 15 is 0 Å². The Morgan fingerprint density at radius 2 is 2.00 bits per heavy atom. The highest BCUT2D eigenvalue weighted by atomic mass is 19.1. The molecule has 16 heavy (non-hydrogen) atoms. The maximum absolute atomic E-state index is 12.6. The summed E-state index contributed by atoms with van der Waals surface area (Å²) in [5, 5.41) is 0. The molecule has 0 bridgehead atoms. The van der Waals surface area contributed by atoms with Crippen LogP contribution in [0.1, 0.15) is 37.0 Å². The van der Waals surface area contributed by atoms with Crippen LogP contribution in [0, 0.1) is 5.82 Å². The van der Waals surface area contributed by atoms with E-state index in [1.54, 1.807) is 0 Å². The van der Waals surface area contributed by atoms with Crippen LogP contribution in [0.3, 0.4) is 0 Å². The summed E-state index contributed by atoms with van der Waals surface area (Å²) in [6.45, 7) is 4.43. The van der Waals surface area contributed by atoms with Crippen molar-refractivity contribution >= 4 is 5.78 Å². The van der Waals surface area contributed by atoms with Gasteiger partial charge in [-0.15, -0.1) is 0 Å². The second-order valence-corrected chi connectivity index (χ2v) is 3.77. The predicted octanol–water partition coefficient (Wildman–Crippen LogP) is 3.21. The maximum atomic E-state index is 12.6. The summed E-state index contributed by atoms with van der Waals surface area (Å²) in [6.07, 6.45) is 1.46. The van der Waals surface area contributed by atoms with Crippen LogP contribution >= 0.6 is 0 Å². The average molecular weight is 224 g/mol. The van der Waals surface area contributed by atoms with E-state index < -0.39 is 0 Å². The molecule has 0 N–H and O–H groups in total. The summed E-state index contributed by atoms with van der Waals surface area (Å²) in [4.78, 5) is 11.6. The molecule has 0 saturated carbocycles. The molecule has 0 radical (unpaired) electrons. The van der Waals surface area contributed by atoms with Crippen molar-refractivity contribution in [3.8, 4) is 0 Å². The zero-order valence-electron chi connectivity index (χ0n) is 9.70.